The van der Waals surface area contributed by atoms with Crippen molar-refractivity contribution in [2.24, 2.45) is 0 Å². The van der Waals surface area contributed by atoms with Gasteiger partial charge in [0.2, 0.25) is 0 Å². The summed E-state index contributed by atoms with van der Waals surface area (Å²) in [6.07, 6.45) is 0.685. The molecule has 4 nitrogen and oxygen atoms in total. The van der Waals surface area contributed by atoms with Crippen molar-refractivity contribution in [2.75, 3.05) is 13.2 Å². The highest BCUT2D eigenvalue weighted by Crippen LogP contribution is 2.36. The van der Waals surface area contributed by atoms with Crippen LogP contribution in [0.15, 0.2) is 97.1 Å². The average molecular weight is 412 g/mol. The van der Waals surface area contributed by atoms with Crippen LogP contribution < -0.4 is 9.47 Å². The molecule has 0 aromatic heterocycles. The molecule has 0 fully saturated rings. The largest absolute Gasteiger partial charge is 0.507 e. The number of phenols is 2. The lowest BCUT2D eigenvalue weighted by Crippen LogP contribution is -2.06. The van der Waals surface area contributed by atoms with E-state index in [1.165, 1.54) is 0 Å². The molecule has 4 aromatic rings. The van der Waals surface area contributed by atoms with Crippen LogP contribution in [0.25, 0.3) is 22.3 Å². The summed E-state index contributed by atoms with van der Waals surface area (Å²) in [5.74, 6) is 1.89. The molecular weight excluding hydrogens is 388 g/mol. The van der Waals surface area contributed by atoms with Crippen molar-refractivity contribution < 1.29 is 19.7 Å². The van der Waals surface area contributed by atoms with Crippen LogP contribution in [0.5, 0.6) is 23.0 Å². The average Bonchev–Trinajstić information content (AvgIpc) is 2.80. The number of hydrogen-bond donors (Lipinski definition) is 2. The standard InChI is InChI=1S/C27H24O4/c28-24-14-5-1-10-20(24)22-12-3-7-16-26(22)30-18-9-19-31-27-17-8-4-13-23(27)21-11-2-6-15-25(21)29/h1-8,10-17,28-29H,9,18-19H2. The van der Waals surface area contributed by atoms with Crippen molar-refractivity contribution in [3.05, 3.63) is 97.1 Å². The fourth-order valence-electron chi connectivity index (χ4n) is 3.46. The van der Waals surface area contributed by atoms with Gasteiger partial charge in [-0.2, -0.15) is 0 Å². The molecule has 0 spiro atoms. The van der Waals surface area contributed by atoms with Gasteiger partial charge in [0.1, 0.15) is 23.0 Å². The molecule has 156 valence electrons. The van der Waals surface area contributed by atoms with Crippen molar-refractivity contribution in [2.45, 2.75) is 6.42 Å². The lowest BCUT2D eigenvalue weighted by atomic mass is 10.0. The predicted octanol–water partition coefficient (Wildman–Crippen LogP) is 6.28. The van der Waals surface area contributed by atoms with Gasteiger partial charge in [0.15, 0.2) is 0 Å². The smallest absolute Gasteiger partial charge is 0.127 e. The van der Waals surface area contributed by atoms with Crippen LogP contribution in [0.4, 0.5) is 0 Å². The predicted molar refractivity (Wildman–Crippen MR) is 123 cm³/mol. The lowest BCUT2D eigenvalue weighted by molar-refractivity contribution is 0.248. The van der Waals surface area contributed by atoms with Crippen LogP contribution in [0, 0.1) is 0 Å². The van der Waals surface area contributed by atoms with E-state index in [0.717, 1.165) is 33.8 Å². The van der Waals surface area contributed by atoms with E-state index in [9.17, 15) is 10.2 Å². The molecule has 0 saturated heterocycles. The van der Waals surface area contributed by atoms with Crippen LogP contribution in [0.1, 0.15) is 6.42 Å². The number of rotatable bonds is 8. The van der Waals surface area contributed by atoms with E-state index in [1.54, 1.807) is 24.3 Å². The Morgan fingerprint density at radius 2 is 0.806 bits per heavy atom. The fourth-order valence-corrected chi connectivity index (χ4v) is 3.46. The van der Waals surface area contributed by atoms with Crippen molar-refractivity contribution >= 4 is 0 Å². The van der Waals surface area contributed by atoms with E-state index in [-0.39, 0.29) is 11.5 Å². The molecule has 4 heteroatoms. The van der Waals surface area contributed by atoms with Gasteiger partial charge >= 0.3 is 0 Å². The monoisotopic (exact) mass is 412 g/mol. The van der Waals surface area contributed by atoms with Crippen LogP contribution in [0.3, 0.4) is 0 Å². The number of ether oxygens (including phenoxy) is 2. The zero-order valence-corrected chi connectivity index (χ0v) is 17.1. The molecule has 0 aliphatic carbocycles. The summed E-state index contributed by atoms with van der Waals surface area (Å²) in [6, 6.07) is 29.8. The van der Waals surface area contributed by atoms with Crippen molar-refractivity contribution in [3.8, 4) is 45.3 Å². The Morgan fingerprint density at radius 1 is 0.452 bits per heavy atom. The summed E-state index contributed by atoms with van der Waals surface area (Å²) < 4.78 is 12.0. The van der Waals surface area contributed by atoms with Crippen LogP contribution in [-0.4, -0.2) is 23.4 Å². The Kier molecular flexibility index (Phi) is 6.38. The molecule has 0 unspecified atom stereocenters. The normalized spacial score (nSPS) is 10.6. The third-order valence-electron chi connectivity index (χ3n) is 4.97. The van der Waals surface area contributed by atoms with Gasteiger partial charge in [-0.25, -0.2) is 0 Å². The fraction of sp³-hybridized carbons (Fsp3) is 0.111. The maximum absolute atomic E-state index is 10.2. The van der Waals surface area contributed by atoms with Crippen molar-refractivity contribution in [1.29, 1.82) is 0 Å². The second-order valence-electron chi connectivity index (χ2n) is 7.08. The minimum atomic E-state index is 0.225. The van der Waals surface area contributed by atoms with E-state index in [1.807, 2.05) is 72.8 Å². The van der Waals surface area contributed by atoms with Gasteiger partial charge < -0.3 is 19.7 Å². The summed E-state index contributed by atoms with van der Waals surface area (Å²) >= 11 is 0. The maximum Gasteiger partial charge on any atom is 0.127 e. The van der Waals surface area contributed by atoms with Gasteiger partial charge in [0, 0.05) is 28.7 Å². The highest BCUT2D eigenvalue weighted by Gasteiger charge is 2.11. The Hall–Kier alpha value is -3.92. The van der Waals surface area contributed by atoms with E-state index in [0.29, 0.717) is 19.6 Å². The molecule has 0 amide bonds. The van der Waals surface area contributed by atoms with Crippen LogP contribution in [0.2, 0.25) is 0 Å². The van der Waals surface area contributed by atoms with Gasteiger partial charge in [-0.3, -0.25) is 0 Å². The van der Waals surface area contributed by atoms with Crippen LogP contribution in [-0.2, 0) is 0 Å². The van der Waals surface area contributed by atoms with Gasteiger partial charge in [0.05, 0.1) is 13.2 Å². The lowest BCUT2D eigenvalue weighted by Gasteiger charge is -2.14. The molecule has 4 rings (SSSR count). The SMILES string of the molecule is Oc1ccccc1-c1ccccc1OCCCOc1ccccc1-c1ccccc1O. The highest BCUT2D eigenvalue weighted by atomic mass is 16.5. The number of hydrogen-bond acceptors (Lipinski definition) is 4. The van der Waals surface area contributed by atoms with Gasteiger partial charge in [-0.1, -0.05) is 72.8 Å². The molecule has 0 heterocycles. The Labute approximate surface area is 182 Å². The first-order valence-electron chi connectivity index (χ1n) is 10.2. The first-order chi connectivity index (χ1) is 15.2. The van der Waals surface area contributed by atoms with Gasteiger partial charge in [0.25, 0.3) is 0 Å². The summed E-state index contributed by atoms with van der Waals surface area (Å²) in [5, 5.41) is 20.3. The molecule has 0 aliphatic heterocycles. The second-order valence-corrected chi connectivity index (χ2v) is 7.08. The number of benzene rings is 4. The Bertz CT molecular complexity index is 1060. The third-order valence-corrected chi connectivity index (χ3v) is 4.97. The first kappa shape index (κ1) is 20.4. The summed E-state index contributed by atoms with van der Waals surface area (Å²) in [4.78, 5) is 0. The number of aromatic hydroxyl groups is 2. The maximum atomic E-state index is 10.2. The molecule has 0 bridgehead atoms. The second kappa shape index (κ2) is 9.72. The third kappa shape index (κ3) is 4.81. The molecule has 0 saturated carbocycles. The molecule has 4 aromatic carbocycles. The highest BCUT2D eigenvalue weighted by molar-refractivity contribution is 5.76. The van der Waals surface area contributed by atoms with E-state index in [2.05, 4.69) is 0 Å². The van der Waals surface area contributed by atoms with Gasteiger partial charge in [-0.05, 0) is 24.3 Å². The molecule has 31 heavy (non-hydrogen) atoms. The Morgan fingerprint density at radius 3 is 1.23 bits per heavy atom. The first-order valence-corrected chi connectivity index (χ1v) is 10.2. The molecule has 2 N–H and O–H groups in total. The summed E-state index contributed by atoms with van der Waals surface area (Å²) in [7, 11) is 0. The molecule has 0 aliphatic rings. The van der Waals surface area contributed by atoms with E-state index in [4.69, 9.17) is 9.47 Å². The number of para-hydroxylation sites is 4. The van der Waals surface area contributed by atoms with Crippen molar-refractivity contribution in [3.63, 3.8) is 0 Å². The van der Waals surface area contributed by atoms with Crippen molar-refractivity contribution in [1.82, 2.24) is 0 Å². The van der Waals surface area contributed by atoms with E-state index >= 15 is 0 Å². The minimum Gasteiger partial charge on any atom is -0.507 e. The number of phenolic OH excluding ortho intramolecular Hbond substituents is 2. The quantitative estimate of drug-likeness (QED) is 0.334. The molecular formula is C27H24O4. The summed E-state index contributed by atoms with van der Waals surface area (Å²) in [6.45, 7) is 0.951. The van der Waals surface area contributed by atoms with Gasteiger partial charge in [-0.15, -0.1) is 0 Å². The molecule has 0 radical (unpaired) electrons. The summed E-state index contributed by atoms with van der Waals surface area (Å²) in [5.41, 5.74) is 3.19. The zero-order valence-electron chi connectivity index (χ0n) is 17.1. The molecule has 0 atom stereocenters. The minimum absolute atomic E-state index is 0.225. The van der Waals surface area contributed by atoms with Crippen LogP contribution >= 0.6 is 0 Å². The Balaban J connectivity index is 1.38. The van der Waals surface area contributed by atoms with E-state index < -0.39 is 0 Å². The topological polar surface area (TPSA) is 58.9 Å². The zero-order chi connectivity index (χ0) is 21.5.